The first kappa shape index (κ1) is 15.0. The van der Waals surface area contributed by atoms with E-state index in [2.05, 4.69) is 17.0 Å². The van der Waals surface area contributed by atoms with Crippen molar-refractivity contribution in [1.29, 1.82) is 0 Å². The number of amides is 1. The molecule has 2 aliphatic heterocycles. The zero-order valence-electron chi connectivity index (χ0n) is 13.6. The number of ether oxygens (including phenoxy) is 1. The molecule has 3 rings (SSSR count). The lowest BCUT2D eigenvalue weighted by Crippen LogP contribution is -2.56. The van der Waals surface area contributed by atoms with Gasteiger partial charge < -0.3 is 15.4 Å². The first-order chi connectivity index (χ1) is 10.3. The van der Waals surface area contributed by atoms with Crippen molar-refractivity contribution in [3.05, 3.63) is 24.3 Å². The van der Waals surface area contributed by atoms with Crippen molar-refractivity contribution in [3.8, 4) is 0 Å². The molecule has 2 bridgehead atoms. The van der Waals surface area contributed by atoms with Gasteiger partial charge in [0.15, 0.2) is 0 Å². The van der Waals surface area contributed by atoms with Crippen molar-refractivity contribution in [1.82, 2.24) is 4.90 Å². The number of carbonyl (C=O) groups excluding carboxylic acids is 1. The minimum absolute atomic E-state index is 0.169. The van der Waals surface area contributed by atoms with E-state index in [-0.39, 0.29) is 18.2 Å². The van der Waals surface area contributed by atoms with E-state index < -0.39 is 5.60 Å². The molecule has 1 aromatic carbocycles. The Bertz CT molecular complexity index is 536. The van der Waals surface area contributed by atoms with Gasteiger partial charge in [-0.25, -0.2) is 4.79 Å². The fourth-order valence-electron chi connectivity index (χ4n) is 3.41. The van der Waals surface area contributed by atoms with E-state index in [4.69, 9.17) is 10.5 Å². The summed E-state index contributed by atoms with van der Waals surface area (Å²) in [6.07, 6.45) is 1.93. The van der Waals surface area contributed by atoms with Crippen molar-refractivity contribution in [3.63, 3.8) is 0 Å². The van der Waals surface area contributed by atoms with E-state index in [1.165, 1.54) is 5.69 Å². The molecule has 2 aliphatic rings. The Hall–Kier alpha value is -1.91. The van der Waals surface area contributed by atoms with Gasteiger partial charge in [-0.2, -0.15) is 0 Å². The second-order valence-electron chi connectivity index (χ2n) is 7.27. The summed E-state index contributed by atoms with van der Waals surface area (Å²) in [7, 11) is 0. The predicted octanol–water partition coefficient (Wildman–Crippen LogP) is 2.86. The van der Waals surface area contributed by atoms with Gasteiger partial charge >= 0.3 is 6.09 Å². The highest BCUT2D eigenvalue weighted by atomic mass is 16.6. The van der Waals surface area contributed by atoms with Crippen LogP contribution in [0.5, 0.6) is 0 Å². The highest BCUT2D eigenvalue weighted by molar-refractivity contribution is 5.70. The van der Waals surface area contributed by atoms with Crippen molar-refractivity contribution in [2.45, 2.75) is 51.3 Å². The molecule has 0 radical (unpaired) electrons. The van der Waals surface area contributed by atoms with Crippen LogP contribution in [0.1, 0.15) is 33.6 Å². The highest BCUT2D eigenvalue weighted by Gasteiger charge is 2.44. The fraction of sp³-hybridized carbons (Fsp3) is 0.588. The van der Waals surface area contributed by atoms with Crippen molar-refractivity contribution in [2.24, 2.45) is 0 Å². The van der Waals surface area contributed by atoms with Crippen LogP contribution in [0.3, 0.4) is 0 Å². The molecular weight excluding hydrogens is 278 g/mol. The van der Waals surface area contributed by atoms with Crippen LogP contribution < -0.4 is 10.6 Å². The Kier molecular flexibility index (Phi) is 3.67. The molecule has 2 saturated heterocycles. The van der Waals surface area contributed by atoms with Gasteiger partial charge in [-0.05, 0) is 57.9 Å². The van der Waals surface area contributed by atoms with Crippen molar-refractivity contribution in [2.75, 3.05) is 23.7 Å². The van der Waals surface area contributed by atoms with Gasteiger partial charge in [-0.15, -0.1) is 0 Å². The number of hydrogen-bond donors (Lipinski definition) is 1. The number of carbonyl (C=O) groups is 1. The van der Waals surface area contributed by atoms with Crippen LogP contribution >= 0.6 is 0 Å². The quantitative estimate of drug-likeness (QED) is 0.811. The smallest absolute Gasteiger partial charge is 0.410 e. The number of fused-ring (bicyclic) bond motifs is 2. The van der Waals surface area contributed by atoms with E-state index in [1.807, 2.05) is 37.8 Å². The fourth-order valence-corrected chi connectivity index (χ4v) is 3.41. The third-order valence-electron chi connectivity index (χ3n) is 4.34. The van der Waals surface area contributed by atoms with E-state index in [1.54, 1.807) is 0 Å². The lowest BCUT2D eigenvalue weighted by Gasteiger charge is -2.42. The summed E-state index contributed by atoms with van der Waals surface area (Å²) in [6, 6.07) is 8.45. The zero-order chi connectivity index (χ0) is 15.9. The molecule has 0 spiro atoms. The van der Waals surface area contributed by atoms with Gasteiger partial charge in [-0.1, -0.05) is 0 Å². The first-order valence-corrected chi connectivity index (χ1v) is 7.95. The summed E-state index contributed by atoms with van der Waals surface area (Å²) >= 11 is 0. The van der Waals surface area contributed by atoms with Gasteiger partial charge in [0.2, 0.25) is 0 Å². The lowest BCUT2D eigenvalue weighted by atomic mass is 10.1. The van der Waals surface area contributed by atoms with Gasteiger partial charge in [0.1, 0.15) is 5.60 Å². The Balaban J connectivity index is 1.71. The third kappa shape index (κ3) is 2.98. The molecule has 2 unspecified atom stereocenters. The van der Waals surface area contributed by atoms with Crippen LogP contribution in [0.15, 0.2) is 24.3 Å². The van der Waals surface area contributed by atoms with Crippen LogP contribution in [0.4, 0.5) is 16.2 Å². The molecule has 0 saturated carbocycles. The van der Waals surface area contributed by atoms with E-state index in [0.717, 1.165) is 31.6 Å². The number of nitrogen functional groups attached to an aromatic ring is 1. The van der Waals surface area contributed by atoms with Gasteiger partial charge in [-0.3, -0.25) is 4.90 Å². The normalized spacial score (nSPS) is 24.5. The summed E-state index contributed by atoms with van der Waals surface area (Å²) in [5.41, 5.74) is 7.27. The van der Waals surface area contributed by atoms with Crippen LogP contribution in [0.25, 0.3) is 0 Å². The highest BCUT2D eigenvalue weighted by Crippen LogP contribution is 2.34. The number of nitrogens with two attached hydrogens (primary N) is 1. The molecule has 2 fully saturated rings. The van der Waals surface area contributed by atoms with Gasteiger partial charge in [0.25, 0.3) is 0 Å². The van der Waals surface area contributed by atoms with Crippen LogP contribution in [-0.2, 0) is 4.74 Å². The summed E-state index contributed by atoms with van der Waals surface area (Å²) in [5.74, 6) is 0. The van der Waals surface area contributed by atoms with E-state index >= 15 is 0 Å². The number of benzene rings is 1. The SMILES string of the molecule is CC(C)(C)OC(=O)N1C2CCC1CN(c1ccc(N)cc1)C2. The maximum absolute atomic E-state index is 12.4. The molecule has 2 atom stereocenters. The maximum Gasteiger partial charge on any atom is 0.410 e. The van der Waals surface area contributed by atoms with Crippen LogP contribution in [0.2, 0.25) is 0 Å². The summed E-state index contributed by atoms with van der Waals surface area (Å²) in [5, 5.41) is 0. The number of anilines is 2. The number of piperazine rings is 1. The zero-order valence-corrected chi connectivity index (χ0v) is 13.6. The molecule has 120 valence electrons. The standard InChI is InChI=1S/C17H25N3O2/c1-17(2,3)22-16(21)20-14-8-9-15(20)11-19(10-14)13-6-4-12(18)5-7-13/h4-7,14-15H,8-11,18H2,1-3H3. The predicted molar refractivity (Wildman–Crippen MR) is 88.0 cm³/mol. The van der Waals surface area contributed by atoms with Crippen molar-refractivity contribution >= 4 is 17.5 Å². The molecule has 2 N–H and O–H groups in total. The first-order valence-electron chi connectivity index (χ1n) is 7.95. The Morgan fingerprint density at radius 1 is 1.14 bits per heavy atom. The molecule has 0 aromatic heterocycles. The van der Waals surface area contributed by atoms with Crippen molar-refractivity contribution < 1.29 is 9.53 Å². The molecule has 22 heavy (non-hydrogen) atoms. The third-order valence-corrected chi connectivity index (χ3v) is 4.34. The average Bonchev–Trinajstić information content (AvgIpc) is 2.69. The summed E-state index contributed by atoms with van der Waals surface area (Å²) < 4.78 is 5.57. The van der Waals surface area contributed by atoms with E-state index in [0.29, 0.717) is 0 Å². The minimum Gasteiger partial charge on any atom is -0.444 e. The maximum atomic E-state index is 12.4. The molecule has 1 aromatic rings. The monoisotopic (exact) mass is 303 g/mol. The second kappa shape index (κ2) is 5.38. The summed E-state index contributed by atoms with van der Waals surface area (Å²) in [4.78, 5) is 16.7. The number of nitrogens with zero attached hydrogens (tertiary/aromatic N) is 2. The number of hydrogen-bond acceptors (Lipinski definition) is 4. The van der Waals surface area contributed by atoms with Crippen LogP contribution in [-0.4, -0.2) is 41.8 Å². The Morgan fingerprint density at radius 3 is 2.18 bits per heavy atom. The van der Waals surface area contributed by atoms with Gasteiger partial charge in [0, 0.05) is 24.5 Å². The molecule has 5 nitrogen and oxygen atoms in total. The largest absolute Gasteiger partial charge is 0.444 e. The Labute approximate surface area is 132 Å². The second-order valence-corrected chi connectivity index (χ2v) is 7.27. The average molecular weight is 303 g/mol. The molecule has 1 amide bonds. The molecular formula is C17H25N3O2. The Morgan fingerprint density at radius 2 is 1.68 bits per heavy atom. The molecule has 2 heterocycles. The summed E-state index contributed by atoms with van der Waals surface area (Å²) in [6.45, 7) is 7.46. The van der Waals surface area contributed by atoms with E-state index in [9.17, 15) is 4.79 Å². The number of rotatable bonds is 1. The lowest BCUT2D eigenvalue weighted by molar-refractivity contribution is 0.0123. The molecule has 0 aliphatic carbocycles. The minimum atomic E-state index is -0.440. The molecule has 5 heteroatoms. The van der Waals surface area contributed by atoms with Gasteiger partial charge in [0.05, 0.1) is 12.1 Å². The van der Waals surface area contributed by atoms with Crippen LogP contribution in [0, 0.1) is 0 Å². The topological polar surface area (TPSA) is 58.8 Å².